The first-order valence-electron chi connectivity index (χ1n) is 11.3. The van der Waals surface area contributed by atoms with Gasteiger partial charge in [0.05, 0.1) is 0 Å². The van der Waals surface area contributed by atoms with Crippen LogP contribution in [-0.4, -0.2) is 59.9 Å². The zero-order valence-corrected chi connectivity index (χ0v) is 20.3. The van der Waals surface area contributed by atoms with Gasteiger partial charge in [0, 0.05) is 43.5 Å². The molecule has 6 nitrogen and oxygen atoms in total. The SMILES string of the molecule is CC(C)CN1CCC(Oc2cc3c(s2)CCN(S(=O)(=O)C2(O)C=CC=CC2C)C3)CC1. The highest BCUT2D eigenvalue weighted by molar-refractivity contribution is 7.90. The summed E-state index contributed by atoms with van der Waals surface area (Å²) in [6.45, 7) is 10.2. The summed E-state index contributed by atoms with van der Waals surface area (Å²) in [7, 11) is -3.90. The molecule has 172 valence electrons. The lowest BCUT2D eigenvalue weighted by Crippen LogP contribution is -2.52. The summed E-state index contributed by atoms with van der Waals surface area (Å²) in [6.07, 6.45) is 9.45. The minimum Gasteiger partial charge on any atom is -0.481 e. The van der Waals surface area contributed by atoms with Gasteiger partial charge in [-0.1, -0.05) is 39.0 Å². The van der Waals surface area contributed by atoms with E-state index < -0.39 is 20.9 Å². The Morgan fingerprint density at radius 2 is 2.00 bits per heavy atom. The van der Waals surface area contributed by atoms with Crippen LogP contribution in [0.1, 0.15) is 44.1 Å². The molecule has 2 aliphatic heterocycles. The number of likely N-dealkylation sites (tertiary alicyclic amines) is 1. The minimum absolute atomic E-state index is 0.226. The van der Waals surface area contributed by atoms with Crippen molar-refractivity contribution in [2.75, 3.05) is 26.2 Å². The molecule has 0 radical (unpaired) electrons. The van der Waals surface area contributed by atoms with E-state index >= 15 is 0 Å². The Bertz CT molecular complexity index is 945. The maximum Gasteiger partial charge on any atom is 0.248 e. The maximum atomic E-state index is 13.3. The molecule has 1 aromatic rings. The van der Waals surface area contributed by atoms with E-state index in [2.05, 4.69) is 18.7 Å². The Kier molecular flexibility index (Phi) is 6.66. The van der Waals surface area contributed by atoms with Crippen molar-refractivity contribution in [2.45, 2.75) is 57.6 Å². The van der Waals surface area contributed by atoms with E-state index in [4.69, 9.17) is 4.74 Å². The van der Waals surface area contributed by atoms with Gasteiger partial charge >= 0.3 is 0 Å². The number of thiophene rings is 1. The highest BCUT2D eigenvalue weighted by Crippen LogP contribution is 2.39. The van der Waals surface area contributed by atoms with Crippen molar-refractivity contribution in [2.24, 2.45) is 11.8 Å². The van der Waals surface area contributed by atoms with E-state index in [9.17, 15) is 13.5 Å². The predicted molar refractivity (Wildman–Crippen MR) is 125 cm³/mol. The summed E-state index contributed by atoms with van der Waals surface area (Å²) in [5.41, 5.74) is 0.999. The van der Waals surface area contributed by atoms with E-state index in [1.165, 1.54) is 15.3 Å². The minimum atomic E-state index is -3.90. The van der Waals surface area contributed by atoms with Crippen LogP contribution in [0.3, 0.4) is 0 Å². The van der Waals surface area contributed by atoms with Gasteiger partial charge in [-0.2, -0.15) is 4.31 Å². The topological polar surface area (TPSA) is 70.1 Å². The summed E-state index contributed by atoms with van der Waals surface area (Å²) in [5.74, 6) is 0.189. The van der Waals surface area contributed by atoms with Crippen LogP contribution in [-0.2, 0) is 23.0 Å². The third-order valence-corrected chi connectivity index (χ3v) is 9.96. The van der Waals surface area contributed by atoms with Gasteiger partial charge in [0.25, 0.3) is 0 Å². The molecule has 3 aliphatic rings. The molecule has 0 bridgehead atoms. The van der Waals surface area contributed by atoms with Gasteiger partial charge < -0.3 is 14.7 Å². The van der Waals surface area contributed by atoms with Gasteiger partial charge in [-0.15, -0.1) is 11.3 Å². The van der Waals surface area contributed by atoms with Crippen LogP contribution in [0.5, 0.6) is 5.06 Å². The van der Waals surface area contributed by atoms with E-state index in [0.29, 0.717) is 18.9 Å². The third-order valence-electron chi connectivity index (χ3n) is 6.50. The number of aliphatic hydroxyl groups is 1. The molecule has 0 saturated carbocycles. The Morgan fingerprint density at radius 3 is 2.68 bits per heavy atom. The molecule has 8 heteroatoms. The lowest BCUT2D eigenvalue weighted by molar-refractivity contribution is 0.0968. The van der Waals surface area contributed by atoms with E-state index in [1.807, 2.05) is 6.07 Å². The fraction of sp³-hybridized carbons (Fsp3) is 0.652. The van der Waals surface area contributed by atoms with Crippen molar-refractivity contribution in [3.05, 3.63) is 40.8 Å². The van der Waals surface area contributed by atoms with Gasteiger partial charge in [-0.25, -0.2) is 8.42 Å². The summed E-state index contributed by atoms with van der Waals surface area (Å²) in [4.78, 5) is 1.81. The molecule has 0 aromatic carbocycles. The normalized spacial score (nSPS) is 28.2. The summed E-state index contributed by atoms with van der Waals surface area (Å²) < 4.78 is 34.3. The highest BCUT2D eigenvalue weighted by atomic mass is 32.2. The predicted octanol–water partition coefficient (Wildman–Crippen LogP) is 3.39. The van der Waals surface area contributed by atoms with Gasteiger partial charge in [-0.3, -0.25) is 0 Å². The van der Waals surface area contributed by atoms with Crippen LogP contribution in [0, 0.1) is 11.8 Å². The fourth-order valence-electron chi connectivity index (χ4n) is 4.68. The number of allylic oxidation sites excluding steroid dienone is 2. The number of ether oxygens (including phenoxy) is 1. The van der Waals surface area contributed by atoms with Crippen LogP contribution < -0.4 is 4.74 Å². The molecule has 1 saturated heterocycles. The van der Waals surface area contributed by atoms with Crippen molar-refractivity contribution in [3.8, 4) is 5.06 Å². The Balaban J connectivity index is 1.40. The maximum absolute atomic E-state index is 13.3. The molecule has 4 rings (SSSR count). The zero-order valence-electron chi connectivity index (χ0n) is 18.7. The highest BCUT2D eigenvalue weighted by Gasteiger charge is 2.48. The third kappa shape index (κ3) is 4.64. The molecular weight excluding hydrogens is 432 g/mol. The second-order valence-corrected chi connectivity index (χ2v) is 12.6. The molecule has 1 aromatic heterocycles. The number of sulfonamides is 1. The summed E-state index contributed by atoms with van der Waals surface area (Å²) in [6, 6.07) is 2.01. The standard InChI is InChI=1S/C23H34N2O4S2/c1-17(2)15-24-11-7-20(8-12-24)29-22-14-19-16-25(13-9-21(19)30-22)31(27,28)23(26)10-5-4-6-18(23)3/h4-6,10,14,17-18,20,26H,7-9,11-13,15-16H2,1-3H3. The first-order chi connectivity index (χ1) is 14.7. The lowest BCUT2D eigenvalue weighted by Gasteiger charge is -2.37. The molecule has 1 aliphatic carbocycles. The molecule has 0 amide bonds. The lowest BCUT2D eigenvalue weighted by atomic mass is 9.99. The molecule has 1 fully saturated rings. The number of hydrogen-bond donors (Lipinski definition) is 1. The molecule has 2 unspecified atom stereocenters. The molecule has 2 atom stereocenters. The Hall–Kier alpha value is -1.19. The first kappa shape index (κ1) is 23.0. The molecular formula is C23H34N2O4S2. The Labute approximate surface area is 190 Å². The van der Waals surface area contributed by atoms with Crippen molar-refractivity contribution in [3.63, 3.8) is 0 Å². The van der Waals surface area contributed by atoms with Crippen LogP contribution >= 0.6 is 11.3 Å². The largest absolute Gasteiger partial charge is 0.481 e. The number of fused-ring (bicyclic) bond motifs is 1. The van der Waals surface area contributed by atoms with Gasteiger partial charge in [0.2, 0.25) is 15.0 Å². The molecule has 3 heterocycles. The fourth-order valence-corrected chi connectivity index (χ4v) is 7.60. The van der Waals surface area contributed by atoms with Crippen molar-refractivity contribution >= 4 is 21.4 Å². The van der Waals surface area contributed by atoms with E-state index in [1.54, 1.807) is 36.5 Å². The van der Waals surface area contributed by atoms with Crippen LogP contribution in [0.4, 0.5) is 0 Å². The smallest absolute Gasteiger partial charge is 0.248 e. The quantitative estimate of drug-likeness (QED) is 0.696. The Morgan fingerprint density at radius 1 is 1.26 bits per heavy atom. The first-order valence-corrected chi connectivity index (χ1v) is 13.5. The average molecular weight is 467 g/mol. The number of nitrogens with zero attached hydrogens (tertiary/aromatic N) is 2. The van der Waals surface area contributed by atoms with E-state index in [0.717, 1.165) is 43.1 Å². The zero-order chi connectivity index (χ0) is 22.2. The van der Waals surface area contributed by atoms with E-state index in [-0.39, 0.29) is 12.6 Å². The van der Waals surface area contributed by atoms with Crippen molar-refractivity contribution < 1.29 is 18.3 Å². The van der Waals surface area contributed by atoms with Gasteiger partial charge in [-0.05, 0) is 42.9 Å². The van der Waals surface area contributed by atoms with Crippen LogP contribution in [0.2, 0.25) is 0 Å². The number of hydrogen-bond acceptors (Lipinski definition) is 6. The van der Waals surface area contributed by atoms with Gasteiger partial charge in [0.15, 0.2) is 5.06 Å². The second kappa shape index (κ2) is 8.98. The summed E-state index contributed by atoms with van der Waals surface area (Å²) >= 11 is 1.64. The molecule has 1 N–H and O–H groups in total. The van der Waals surface area contributed by atoms with Crippen LogP contribution in [0.15, 0.2) is 30.4 Å². The summed E-state index contributed by atoms with van der Waals surface area (Å²) in [5, 5.41) is 11.9. The number of rotatable bonds is 6. The van der Waals surface area contributed by atoms with Crippen LogP contribution in [0.25, 0.3) is 0 Å². The monoisotopic (exact) mass is 466 g/mol. The molecule has 31 heavy (non-hydrogen) atoms. The van der Waals surface area contributed by atoms with Crippen molar-refractivity contribution in [1.82, 2.24) is 9.21 Å². The number of piperidine rings is 1. The molecule has 0 spiro atoms. The second-order valence-electron chi connectivity index (χ2n) is 9.40. The average Bonchev–Trinajstić information content (AvgIpc) is 3.12. The van der Waals surface area contributed by atoms with Gasteiger partial charge in [0.1, 0.15) is 6.10 Å². The van der Waals surface area contributed by atoms with Crippen molar-refractivity contribution in [1.29, 1.82) is 0 Å².